The van der Waals surface area contributed by atoms with E-state index in [1.165, 1.54) is 30.3 Å². The topological polar surface area (TPSA) is 194 Å². The van der Waals surface area contributed by atoms with Crippen molar-refractivity contribution in [1.82, 2.24) is 20.3 Å². The zero-order valence-corrected chi connectivity index (χ0v) is 24.5. The van der Waals surface area contributed by atoms with Gasteiger partial charge in [0, 0.05) is 0 Å². The quantitative estimate of drug-likeness (QED) is 0.123. The molecule has 1 saturated heterocycles. The first kappa shape index (κ1) is 31.6. The standard InChI is InChI=1S/C26H24N4O9S.Na/c31-18-12-10-17(11-13-18)22(24(33)27-20-14-30(25(20)34)40(36,37)38)28-26(35)29-23(32)19-8-4-5-9-21(19)39-15-16-6-2-1-3-7-16;/h1-13,20,22,31H,14-15H2,(H,27,33)(H,36,37,38)(H2,28,29,32,35);/q;+1/p-1. The van der Waals surface area contributed by atoms with Crippen molar-refractivity contribution in [3.63, 3.8) is 0 Å². The van der Waals surface area contributed by atoms with Crippen LogP contribution < -0.4 is 50.2 Å². The molecule has 1 aliphatic rings. The van der Waals surface area contributed by atoms with Crippen molar-refractivity contribution in [3.8, 4) is 11.5 Å². The SMILES string of the molecule is O=C(NC(=O)c1ccccc1OCc1ccccc1)NC(C(=O)NC1CN(S(=O)(=O)[O-])C1=O)c1ccc(O)cc1.[Na+]. The number of carbonyl (C=O) groups is 4. The number of urea groups is 1. The van der Waals surface area contributed by atoms with E-state index in [0.717, 1.165) is 5.56 Å². The van der Waals surface area contributed by atoms with Crippen molar-refractivity contribution in [2.45, 2.75) is 18.7 Å². The third-order valence-electron chi connectivity index (χ3n) is 5.84. The maximum atomic E-state index is 13.0. The van der Waals surface area contributed by atoms with Gasteiger partial charge in [0.05, 0.1) is 12.1 Å². The van der Waals surface area contributed by atoms with Crippen molar-refractivity contribution < 1.29 is 71.5 Å². The monoisotopic (exact) mass is 590 g/mol. The maximum absolute atomic E-state index is 13.0. The number of aromatic hydroxyl groups is 1. The molecule has 0 bridgehead atoms. The minimum Gasteiger partial charge on any atom is -0.731 e. The number of nitrogens with one attached hydrogen (secondary N) is 3. The van der Waals surface area contributed by atoms with Gasteiger partial charge in [0.25, 0.3) is 11.8 Å². The minimum absolute atomic E-state index is 0. The largest absolute Gasteiger partial charge is 1.00 e. The first-order valence-electron chi connectivity index (χ1n) is 11.8. The van der Waals surface area contributed by atoms with Gasteiger partial charge in [-0.2, -0.15) is 0 Å². The molecule has 1 aliphatic heterocycles. The number of benzene rings is 3. The predicted molar refractivity (Wildman–Crippen MR) is 137 cm³/mol. The molecule has 0 saturated carbocycles. The molecule has 5 amide bonds. The van der Waals surface area contributed by atoms with Crippen LogP contribution in [-0.4, -0.2) is 58.7 Å². The van der Waals surface area contributed by atoms with Crippen LogP contribution in [0.25, 0.3) is 0 Å². The van der Waals surface area contributed by atoms with Crippen molar-refractivity contribution in [1.29, 1.82) is 0 Å². The van der Waals surface area contributed by atoms with E-state index in [-0.39, 0.29) is 63.1 Å². The molecule has 4 rings (SSSR count). The van der Waals surface area contributed by atoms with Gasteiger partial charge in [-0.05, 0) is 35.4 Å². The van der Waals surface area contributed by atoms with Crippen LogP contribution in [0.4, 0.5) is 4.79 Å². The summed E-state index contributed by atoms with van der Waals surface area (Å²) in [5, 5.41) is 16.3. The molecule has 4 N–H and O–H groups in total. The molecule has 1 fully saturated rings. The molecule has 3 aromatic carbocycles. The van der Waals surface area contributed by atoms with Gasteiger partial charge >= 0.3 is 35.6 Å². The van der Waals surface area contributed by atoms with Gasteiger partial charge in [-0.3, -0.25) is 19.7 Å². The summed E-state index contributed by atoms with van der Waals surface area (Å²) in [5.41, 5.74) is 1.09. The number of imide groups is 1. The van der Waals surface area contributed by atoms with E-state index in [9.17, 15) is 37.3 Å². The Morgan fingerprint density at radius 3 is 2.27 bits per heavy atom. The summed E-state index contributed by atoms with van der Waals surface area (Å²) >= 11 is 0. The van der Waals surface area contributed by atoms with Crippen LogP contribution in [0, 0.1) is 0 Å². The number of para-hydroxylation sites is 1. The number of hydrogen-bond donors (Lipinski definition) is 4. The molecular weight excluding hydrogens is 567 g/mol. The molecular formula is C26H23N4NaO9S. The number of phenols is 1. The van der Waals surface area contributed by atoms with Gasteiger partial charge in [0.1, 0.15) is 30.2 Å². The van der Waals surface area contributed by atoms with Crippen LogP contribution in [0.2, 0.25) is 0 Å². The molecule has 0 radical (unpaired) electrons. The van der Waals surface area contributed by atoms with Gasteiger partial charge in [-0.15, -0.1) is 0 Å². The predicted octanol–water partition coefficient (Wildman–Crippen LogP) is -2.06. The van der Waals surface area contributed by atoms with Crippen LogP contribution in [0.1, 0.15) is 27.5 Å². The minimum atomic E-state index is -5.02. The Labute approximate surface area is 257 Å². The summed E-state index contributed by atoms with van der Waals surface area (Å²) in [4.78, 5) is 50.7. The zero-order valence-electron chi connectivity index (χ0n) is 21.6. The zero-order chi connectivity index (χ0) is 28.9. The van der Waals surface area contributed by atoms with Gasteiger partial charge in [-0.25, -0.2) is 17.5 Å². The summed E-state index contributed by atoms with van der Waals surface area (Å²) < 4.78 is 39.0. The molecule has 2 atom stereocenters. The number of phenolic OH excluding ortho intramolecular Hbond substituents is 1. The van der Waals surface area contributed by atoms with E-state index in [2.05, 4.69) is 16.0 Å². The number of carbonyl (C=O) groups excluding carboxylic acids is 4. The Morgan fingerprint density at radius 2 is 1.63 bits per heavy atom. The van der Waals surface area contributed by atoms with Crippen molar-refractivity contribution >= 4 is 34.1 Å². The third-order valence-corrected chi connectivity index (χ3v) is 6.71. The van der Waals surface area contributed by atoms with Crippen LogP contribution in [0.3, 0.4) is 0 Å². The first-order chi connectivity index (χ1) is 19.0. The van der Waals surface area contributed by atoms with Gasteiger partial charge < -0.3 is 25.0 Å². The second-order valence-electron chi connectivity index (χ2n) is 8.61. The van der Waals surface area contributed by atoms with Crippen LogP contribution in [0.15, 0.2) is 78.9 Å². The molecule has 0 aliphatic carbocycles. The van der Waals surface area contributed by atoms with Gasteiger partial charge in [0.15, 0.2) is 10.3 Å². The number of amides is 5. The Bertz CT molecular complexity index is 1540. The third kappa shape index (κ3) is 8.05. The number of ether oxygens (including phenoxy) is 1. The van der Waals surface area contributed by atoms with E-state index in [1.807, 2.05) is 30.3 Å². The summed E-state index contributed by atoms with van der Waals surface area (Å²) in [6.45, 7) is -0.394. The van der Waals surface area contributed by atoms with E-state index in [1.54, 1.807) is 18.2 Å². The summed E-state index contributed by atoms with van der Waals surface area (Å²) in [7, 11) is -5.02. The van der Waals surface area contributed by atoms with E-state index in [0.29, 0.717) is 0 Å². The molecule has 3 aromatic rings. The van der Waals surface area contributed by atoms with Crippen molar-refractivity contribution in [2.75, 3.05) is 6.54 Å². The Balaban J connectivity index is 0.00000462. The van der Waals surface area contributed by atoms with Crippen molar-refractivity contribution in [3.05, 3.63) is 95.6 Å². The molecule has 0 spiro atoms. The van der Waals surface area contributed by atoms with E-state index >= 15 is 0 Å². The number of rotatable bonds is 9. The molecule has 208 valence electrons. The second-order valence-corrected chi connectivity index (χ2v) is 9.91. The number of nitrogens with zero attached hydrogens (tertiary/aromatic N) is 1. The fourth-order valence-corrected chi connectivity index (χ4v) is 4.46. The van der Waals surface area contributed by atoms with E-state index < -0.39 is 52.7 Å². The fourth-order valence-electron chi connectivity index (χ4n) is 3.78. The fraction of sp³-hybridized carbons (Fsp3) is 0.154. The summed E-state index contributed by atoms with van der Waals surface area (Å²) in [6, 6.07) is 16.8. The second kappa shape index (κ2) is 13.6. The molecule has 15 heteroatoms. The Morgan fingerprint density at radius 1 is 1.00 bits per heavy atom. The van der Waals surface area contributed by atoms with Gasteiger partial charge in [-0.1, -0.05) is 54.6 Å². The smallest absolute Gasteiger partial charge is 0.731 e. The Kier molecular flexibility index (Phi) is 10.5. The first-order valence-corrected chi connectivity index (χ1v) is 13.1. The summed E-state index contributed by atoms with van der Waals surface area (Å²) in [5.74, 6) is -2.79. The normalized spacial score (nSPS) is 15.0. The maximum Gasteiger partial charge on any atom is 1.00 e. The molecule has 13 nitrogen and oxygen atoms in total. The molecule has 41 heavy (non-hydrogen) atoms. The molecule has 1 heterocycles. The van der Waals surface area contributed by atoms with E-state index in [4.69, 9.17) is 4.74 Å². The molecule has 0 aromatic heterocycles. The Hall–Kier alpha value is -3.95. The molecule has 2 unspecified atom stereocenters. The van der Waals surface area contributed by atoms with Crippen molar-refractivity contribution in [2.24, 2.45) is 0 Å². The van der Waals surface area contributed by atoms with Gasteiger partial charge in [0.2, 0.25) is 5.91 Å². The van der Waals surface area contributed by atoms with Crippen LogP contribution >= 0.6 is 0 Å². The average Bonchev–Trinajstić information content (AvgIpc) is 2.92. The van der Waals surface area contributed by atoms with Crippen LogP contribution in [-0.2, 0) is 26.5 Å². The number of β-lactam (4-membered cyclic amide) rings is 1. The van der Waals surface area contributed by atoms with Crippen LogP contribution in [0.5, 0.6) is 11.5 Å². The summed E-state index contributed by atoms with van der Waals surface area (Å²) in [6.07, 6.45) is 0. The number of hydrogen-bond acceptors (Lipinski definition) is 9. The average molecular weight is 591 g/mol.